The quantitative estimate of drug-likeness (QED) is 0.355. The van der Waals surface area contributed by atoms with Crippen molar-refractivity contribution in [2.45, 2.75) is 50.2 Å². The third-order valence-electron chi connectivity index (χ3n) is 7.40. The first-order valence-electron chi connectivity index (χ1n) is 12.6. The van der Waals surface area contributed by atoms with Crippen LogP contribution in [0.5, 0.6) is 11.5 Å². The van der Waals surface area contributed by atoms with Crippen molar-refractivity contribution < 1.29 is 14.3 Å². The summed E-state index contributed by atoms with van der Waals surface area (Å²) in [6.45, 7) is 4.00. The number of likely N-dealkylation sites (tertiary alicyclic amines) is 1. The molecule has 0 aliphatic carbocycles. The number of nitrogens with zero attached hydrogens (tertiary/aromatic N) is 1. The molecule has 0 saturated carbocycles. The van der Waals surface area contributed by atoms with Gasteiger partial charge in [0.15, 0.2) is 0 Å². The lowest BCUT2D eigenvalue weighted by molar-refractivity contribution is -0.122. The van der Waals surface area contributed by atoms with Gasteiger partial charge in [-0.25, -0.2) is 0 Å². The maximum Gasteiger partial charge on any atom is 0.232 e. The van der Waals surface area contributed by atoms with E-state index in [0.29, 0.717) is 23.2 Å². The molecule has 3 aromatic rings. The van der Waals surface area contributed by atoms with Crippen molar-refractivity contribution in [2.75, 3.05) is 20.2 Å². The van der Waals surface area contributed by atoms with E-state index in [2.05, 4.69) is 11.8 Å². The van der Waals surface area contributed by atoms with Gasteiger partial charge in [-0.2, -0.15) is 0 Å². The summed E-state index contributed by atoms with van der Waals surface area (Å²) in [6.07, 6.45) is 3.52. The molecule has 5 nitrogen and oxygen atoms in total. The Morgan fingerprint density at radius 3 is 2.28 bits per heavy atom. The molecule has 1 fully saturated rings. The van der Waals surface area contributed by atoms with Gasteiger partial charge < -0.3 is 15.2 Å². The number of hydrogen-bond acceptors (Lipinski definition) is 4. The van der Waals surface area contributed by atoms with Gasteiger partial charge in [0.25, 0.3) is 0 Å². The minimum atomic E-state index is -0.870. The van der Waals surface area contributed by atoms with Crippen molar-refractivity contribution in [1.82, 2.24) is 4.90 Å². The molecule has 1 heterocycles. The SMILES string of the molecule is CCC(CCC(C(N)=O)(c1ccccc1)c1ccccc1)N1CC[C@@H](Oc2ccc(Cl)c(OC)c2)C1. The summed E-state index contributed by atoms with van der Waals surface area (Å²) in [6, 6.07) is 25.7. The predicted molar refractivity (Wildman–Crippen MR) is 145 cm³/mol. The molecule has 0 bridgehead atoms. The second-order valence-corrected chi connectivity index (χ2v) is 9.83. The Hall–Kier alpha value is -3.02. The van der Waals surface area contributed by atoms with Crippen molar-refractivity contribution in [3.63, 3.8) is 0 Å². The van der Waals surface area contributed by atoms with Crippen LogP contribution < -0.4 is 15.2 Å². The van der Waals surface area contributed by atoms with E-state index in [9.17, 15) is 4.79 Å². The van der Waals surface area contributed by atoms with Crippen molar-refractivity contribution in [3.05, 3.63) is 95.0 Å². The van der Waals surface area contributed by atoms with Crippen molar-refractivity contribution >= 4 is 17.5 Å². The van der Waals surface area contributed by atoms with Gasteiger partial charge >= 0.3 is 0 Å². The zero-order valence-corrected chi connectivity index (χ0v) is 21.8. The van der Waals surface area contributed by atoms with Gasteiger partial charge in [0, 0.05) is 25.2 Å². The molecule has 4 rings (SSSR count). The lowest BCUT2D eigenvalue weighted by Gasteiger charge is -2.35. The van der Waals surface area contributed by atoms with E-state index in [1.165, 1.54) is 0 Å². The largest absolute Gasteiger partial charge is 0.495 e. The summed E-state index contributed by atoms with van der Waals surface area (Å²) in [4.78, 5) is 15.6. The Bertz CT molecular complexity index is 1100. The fraction of sp³-hybridized carbons (Fsp3) is 0.367. The average molecular weight is 507 g/mol. The first-order valence-corrected chi connectivity index (χ1v) is 13.0. The van der Waals surface area contributed by atoms with Gasteiger partial charge in [0.2, 0.25) is 5.91 Å². The van der Waals surface area contributed by atoms with Gasteiger partial charge in [-0.05, 0) is 48.9 Å². The fourth-order valence-corrected chi connectivity index (χ4v) is 5.62. The molecule has 0 aromatic heterocycles. The van der Waals surface area contributed by atoms with E-state index < -0.39 is 5.41 Å². The number of methoxy groups -OCH3 is 1. The van der Waals surface area contributed by atoms with Crippen LogP contribution in [0, 0.1) is 0 Å². The van der Waals surface area contributed by atoms with E-state index in [4.69, 9.17) is 26.8 Å². The van der Waals surface area contributed by atoms with Crippen LogP contribution in [0.2, 0.25) is 5.02 Å². The Kier molecular flexibility index (Phi) is 8.55. The molecule has 2 N–H and O–H groups in total. The highest BCUT2D eigenvalue weighted by atomic mass is 35.5. The molecule has 1 unspecified atom stereocenters. The standard InChI is InChI=1S/C30H35ClN2O3/c1-3-24(33-19-17-26(21-33)36-25-14-15-27(31)28(20-25)35-2)16-18-30(29(32)34,22-10-6-4-7-11-22)23-12-8-5-9-13-23/h4-15,20,24,26H,3,16-19,21H2,1-2H3,(H2,32,34)/t24?,26-/m1/s1. The van der Waals surface area contributed by atoms with Crippen LogP contribution in [0.1, 0.15) is 43.7 Å². The summed E-state index contributed by atoms with van der Waals surface area (Å²) in [7, 11) is 1.60. The van der Waals surface area contributed by atoms with Gasteiger partial charge in [-0.3, -0.25) is 9.69 Å². The molecule has 0 radical (unpaired) electrons. The Labute approximate surface area is 219 Å². The molecule has 2 atom stereocenters. The molecule has 190 valence electrons. The van der Waals surface area contributed by atoms with E-state index in [1.54, 1.807) is 13.2 Å². The summed E-state index contributed by atoms with van der Waals surface area (Å²) < 4.78 is 11.6. The van der Waals surface area contributed by atoms with E-state index in [-0.39, 0.29) is 12.0 Å². The third-order valence-corrected chi connectivity index (χ3v) is 7.71. The molecule has 1 amide bonds. The van der Waals surface area contributed by atoms with E-state index >= 15 is 0 Å². The van der Waals surface area contributed by atoms with Crippen LogP contribution in [0.4, 0.5) is 0 Å². The summed E-state index contributed by atoms with van der Waals surface area (Å²) in [5.41, 5.74) is 7.18. The molecular weight excluding hydrogens is 472 g/mol. The Morgan fingerprint density at radius 1 is 1.08 bits per heavy atom. The number of halogens is 1. The van der Waals surface area contributed by atoms with Gasteiger partial charge in [-0.15, -0.1) is 0 Å². The first kappa shape index (κ1) is 26.1. The van der Waals surface area contributed by atoms with Crippen molar-refractivity contribution in [1.29, 1.82) is 0 Å². The second-order valence-electron chi connectivity index (χ2n) is 9.42. The minimum absolute atomic E-state index is 0.0917. The normalized spacial score (nSPS) is 17.0. The Morgan fingerprint density at radius 2 is 1.72 bits per heavy atom. The van der Waals surface area contributed by atoms with E-state index in [0.717, 1.165) is 49.2 Å². The van der Waals surface area contributed by atoms with Gasteiger partial charge in [-0.1, -0.05) is 79.2 Å². The van der Waals surface area contributed by atoms with Crippen molar-refractivity contribution in [3.8, 4) is 11.5 Å². The van der Waals surface area contributed by atoms with Crippen LogP contribution in [0.15, 0.2) is 78.9 Å². The molecule has 3 aromatic carbocycles. The summed E-state index contributed by atoms with van der Waals surface area (Å²) >= 11 is 6.16. The molecule has 36 heavy (non-hydrogen) atoms. The number of amides is 1. The number of carbonyl (C=O) groups is 1. The first-order chi connectivity index (χ1) is 17.5. The van der Waals surface area contributed by atoms with Crippen molar-refractivity contribution in [2.24, 2.45) is 5.73 Å². The zero-order valence-electron chi connectivity index (χ0n) is 21.0. The maximum absolute atomic E-state index is 13.1. The second kappa shape index (κ2) is 11.8. The summed E-state index contributed by atoms with van der Waals surface area (Å²) in [5, 5.41) is 0.568. The molecule has 1 aliphatic rings. The number of primary amides is 1. The number of nitrogens with two attached hydrogens (primary N) is 1. The predicted octanol–water partition coefficient (Wildman–Crippen LogP) is 5.83. The number of benzene rings is 3. The summed E-state index contributed by atoms with van der Waals surface area (Å²) in [5.74, 6) is 1.06. The fourth-order valence-electron chi connectivity index (χ4n) is 5.42. The number of rotatable bonds is 11. The van der Waals surface area contributed by atoms with Crippen LogP contribution in [0.3, 0.4) is 0 Å². The highest BCUT2D eigenvalue weighted by molar-refractivity contribution is 6.32. The van der Waals surface area contributed by atoms with Gasteiger partial charge in [0.1, 0.15) is 17.6 Å². The zero-order chi connectivity index (χ0) is 25.5. The smallest absolute Gasteiger partial charge is 0.232 e. The maximum atomic E-state index is 13.1. The van der Waals surface area contributed by atoms with Crippen LogP contribution >= 0.6 is 11.6 Å². The van der Waals surface area contributed by atoms with Crippen LogP contribution in [-0.4, -0.2) is 43.2 Å². The highest BCUT2D eigenvalue weighted by Crippen LogP contribution is 2.38. The topological polar surface area (TPSA) is 64.8 Å². The number of ether oxygens (including phenoxy) is 2. The number of hydrogen-bond donors (Lipinski definition) is 1. The molecule has 1 saturated heterocycles. The highest BCUT2D eigenvalue weighted by Gasteiger charge is 2.41. The Balaban J connectivity index is 1.49. The molecule has 0 spiro atoms. The van der Waals surface area contributed by atoms with Gasteiger partial charge in [0.05, 0.1) is 17.5 Å². The third kappa shape index (κ3) is 5.53. The number of carbonyl (C=O) groups excluding carboxylic acids is 1. The minimum Gasteiger partial charge on any atom is -0.495 e. The molecule has 6 heteroatoms. The lowest BCUT2D eigenvalue weighted by Crippen LogP contribution is -2.44. The van der Waals surface area contributed by atoms with E-state index in [1.807, 2.05) is 72.8 Å². The monoisotopic (exact) mass is 506 g/mol. The molecular formula is C30H35ClN2O3. The van der Waals surface area contributed by atoms with Crippen LogP contribution in [-0.2, 0) is 10.2 Å². The average Bonchev–Trinajstić information content (AvgIpc) is 3.37. The lowest BCUT2D eigenvalue weighted by atomic mass is 9.70. The molecule has 1 aliphatic heterocycles. The van der Waals surface area contributed by atoms with Crippen LogP contribution in [0.25, 0.3) is 0 Å².